The monoisotopic (exact) mass is 560 g/mol. The molecule has 0 aliphatic heterocycles. The molecule has 6 nitrogen and oxygen atoms in total. The quantitative estimate of drug-likeness (QED) is 0.139. The van der Waals surface area contributed by atoms with Crippen LogP contribution in [0.4, 0.5) is 0 Å². The van der Waals surface area contributed by atoms with Gasteiger partial charge in [-0.25, -0.2) is 4.98 Å². The summed E-state index contributed by atoms with van der Waals surface area (Å²) in [4.78, 5) is 25.2. The van der Waals surface area contributed by atoms with E-state index in [1.807, 2.05) is 55.5 Å². The van der Waals surface area contributed by atoms with Gasteiger partial charge in [0, 0.05) is 21.3 Å². The topological polar surface area (TPSA) is 79.8 Å². The Morgan fingerprint density at radius 2 is 1.74 bits per heavy atom. The average molecular weight is 561 g/mol. The second-order valence-corrected chi connectivity index (χ2v) is 11.2. The Kier molecular flexibility index (Phi) is 6.30. The zero-order valence-corrected chi connectivity index (χ0v) is 23.0. The van der Waals surface area contributed by atoms with Crippen LogP contribution in [0.1, 0.15) is 47.2 Å². The molecule has 0 saturated carbocycles. The summed E-state index contributed by atoms with van der Waals surface area (Å²) in [5, 5.41) is 14.5. The molecule has 5 aromatic rings. The number of fused-ring (bicyclic) bond motifs is 3. The van der Waals surface area contributed by atoms with Gasteiger partial charge in [0.05, 0.1) is 21.7 Å². The number of nitrogens with zero attached hydrogens (tertiary/aromatic N) is 4. The number of oxime groups is 1. The number of halogens is 2. The molecular formula is C29H22Cl2N4O2S. The van der Waals surface area contributed by atoms with Gasteiger partial charge in [0.1, 0.15) is 0 Å². The Morgan fingerprint density at radius 3 is 2.42 bits per heavy atom. The maximum absolute atomic E-state index is 14.1. The third-order valence-corrected chi connectivity index (χ3v) is 8.70. The van der Waals surface area contributed by atoms with Gasteiger partial charge in [-0.3, -0.25) is 9.20 Å². The van der Waals surface area contributed by atoms with Crippen molar-refractivity contribution in [2.75, 3.05) is 0 Å². The van der Waals surface area contributed by atoms with Crippen molar-refractivity contribution in [3.05, 3.63) is 96.3 Å². The van der Waals surface area contributed by atoms with E-state index in [0.29, 0.717) is 42.3 Å². The van der Waals surface area contributed by atoms with Gasteiger partial charge in [-0.1, -0.05) is 64.0 Å². The van der Waals surface area contributed by atoms with E-state index in [9.17, 15) is 10.0 Å². The maximum atomic E-state index is 14.1. The summed E-state index contributed by atoms with van der Waals surface area (Å²) in [6.45, 7) is 3.54. The lowest BCUT2D eigenvalue weighted by Crippen LogP contribution is -2.19. The molecular weight excluding hydrogens is 539 g/mol. The predicted molar refractivity (Wildman–Crippen MR) is 156 cm³/mol. The van der Waals surface area contributed by atoms with E-state index in [0.717, 1.165) is 52.8 Å². The van der Waals surface area contributed by atoms with Crippen molar-refractivity contribution in [1.82, 2.24) is 14.4 Å². The van der Waals surface area contributed by atoms with Crippen LogP contribution in [0.2, 0.25) is 10.0 Å². The lowest BCUT2D eigenvalue weighted by molar-refractivity contribution is 0.319. The minimum absolute atomic E-state index is 0.190. The number of pyridine rings is 1. The van der Waals surface area contributed by atoms with Gasteiger partial charge in [-0.2, -0.15) is 4.98 Å². The Hall–Kier alpha value is -3.52. The van der Waals surface area contributed by atoms with E-state index in [-0.39, 0.29) is 5.56 Å². The van der Waals surface area contributed by atoms with E-state index in [2.05, 4.69) is 11.2 Å². The molecule has 3 heterocycles. The lowest BCUT2D eigenvalue weighted by atomic mass is 9.84. The number of aryl methyl sites for hydroxylation is 1. The molecule has 1 N–H and O–H groups in total. The third-order valence-electron chi connectivity index (χ3n) is 6.95. The highest BCUT2D eigenvalue weighted by Gasteiger charge is 2.26. The van der Waals surface area contributed by atoms with Crippen LogP contribution in [0.25, 0.3) is 38.8 Å². The van der Waals surface area contributed by atoms with Crippen LogP contribution in [0.15, 0.2) is 58.5 Å². The van der Waals surface area contributed by atoms with Crippen LogP contribution in [0, 0.1) is 6.92 Å². The van der Waals surface area contributed by atoms with E-state index in [1.165, 1.54) is 11.3 Å². The average Bonchev–Trinajstić information content (AvgIpc) is 3.25. The molecule has 1 aliphatic rings. The fourth-order valence-corrected chi connectivity index (χ4v) is 6.47. The number of rotatable bonds is 3. The summed E-state index contributed by atoms with van der Waals surface area (Å²) in [5.41, 5.74) is 7.09. The van der Waals surface area contributed by atoms with Crippen molar-refractivity contribution in [2.45, 2.75) is 33.1 Å². The van der Waals surface area contributed by atoms with Gasteiger partial charge in [-0.05, 0) is 85.7 Å². The highest BCUT2D eigenvalue weighted by Crippen LogP contribution is 2.40. The molecule has 2 aromatic carbocycles. The van der Waals surface area contributed by atoms with Crippen molar-refractivity contribution >= 4 is 67.9 Å². The molecule has 6 rings (SSSR count). The molecule has 0 unspecified atom stereocenters. The smallest absolute Gasteiger partial charge is 0.268 e. The molecule has 1 aliphatic carbocycles. The molecule has 0 spiro atoms. The van der Waals surface area contributed by atoms with Crippen molar-refractivity contribution in [1.29, 1.82) is 0 Å². The molecule has 0 fully saturated rings. The van der Waals surface area contributed by atoms with Crippen LogP contribution in [0.5, 0.6) is 0 Å². The van der Waals surface area contributed by atoms with Gasteiger partial charge in [0.15, 0.2) is 10.6 Å². The first kappa shape index (κ1) is 24.8. The maximum Gasteiger partial charge on any atom is 0.268 e. The van der Waals surface area contributed by atoms with Crippen molar-refractivity contribution in [3.63, 3.8) is 0 Å². The molecule has 190 valence electrons. The normalized spacial score (nSPS) is 14.9. The van der Waals surface area contributed by atoms with Crippen LogP contribution in [0.3, 0.4) is 0 Å². The molecule has 3 aromatic heterocycles. The second kappa shape index (κ2) is 9.66. The molecule has 9 heteroatoms. The zero-order valence-electron chi connectivity index (χ0n) is 20.6. The zero-order chi connectivity index (χ0) is 26.6. The van der Waals surface area contributed by atoms with Crippen LogP contribution in [-0.4, -0.2) is 25.3 Å². The largest absolute Gasteiger partial charge is 0.411 e. The summed E-state index contributed by atoms with van der Waals surface area (Å²) in [7, 11) is 0. The Labute approximate surface area is 232 Å². The minimum atomic E-state index is -0.190. The first-order chi connectivity index (χ1) is 18.4. The van der Waals surface area contributed by atoms with E-state index in [1.54, 1.807) is 11.3 Å². The Balaban J connectivity index is 1.71. The number of thiazole rings is 1. The SMILES string of the molecule is C/C(=N\O)c1sc2nc3nc4c(c(-c5ccc(Cl)cc5)c3c(=O)n2c1C)CCC/C4=C\c1ccc(Cl)cc1. The van der Waals surface area contributed by atoms with Crippen molar-refractivity contribution < 1.29 is 5.21 Å². The van der Waals surface area contributed by atoms with Gasteiger partial charge in [0.25, 0.3) is 5.56 Å². The summed E-state index contributed by atoms with van der Waals surface area (Å²) in [6, 6.07) is 15.3. The summed E-state index contributed by atoms with van der Waals surface area (Å²) < 4.78 is 1.60. The Bertz CT molecular complexity index is 1850. The molecule has 0 bridgehead atoms. The van der Waals surface area contributed by atoms with Gasteiger partial charge < -0.3 is 5.21 Å². The lowest BCUT2D eigenvalue weighted by Gasteiger charge is -2.23. The van der Waals surface area contributed by atoms with Crippen LogP contribution >= 0.6 is 34.5 Å². The number of aromatic nitrogens is 3. The summed E-state index contributed by atoms with van der Waals surface area (Å²) in [6.07, 6.45) is 4.73. The van der Waals surface area contributed by atoms with Gasteiger partial charge >= 0.3 is 0 Å². The molecule has 0 radical (unpaired) electrons. The standard InChI is InChI=1S/C29H22Cl2N4O2S/c1-15(34-37)26-16(2)35-28(36)24-23(18-8-12-21(31)13-9-18)22-5-3-4-19(14-17-6-10-20(30)11-7-17)25(22)32-27(24)33-29(35)38-26/h6-14,37H,3-5H2,1-2H3/b19-14+,34-15+. The third kappa shape index (κ3) is 4.11. The predicted octanol–water partition coefficient (Wildman–Crippen LogP) is 7.66. The first-order valence-corrected chi connectivity index (χ1v) is 13.7. The Morgan fingerprint density at radius 1 is 1.05 bits per heavy atom. The van der Waals surface area contributed by atoms with Crippen molar-refractivity contribution in [2.24, 2.45) is 5.16 Å². The minimum Gasteiger partial charge on any atom is -0.411 e. The van der Waals surface area contributed by atoms with Gasteiger partial charge in [-0.15, -0.1) is 0 Å². The number of hydrogen-bond donors (Lipinski definition) is 1. The summed E-state index contributed by atoms with van der Waals surface area (Å²) >= 11 is 13.6. The highest BCUT2D eigenvalue weighted by atomic mass is 35.5. The number of allylic oxidation sites excluding steroid dienone is 1. The van der Waals surface area contributed by atoms with E-state index in [4.69, 9.17) is 33.2 Å². The fraction of sp³-hybridized carbons (Fsp3) is 0.172. The fourth-order valence-electron chi connectivity index (χ4n) is 5.16. The van der Waals surface area contributed by atoms with E-state index < -0.39 is 0 Å². The highest BCUT2D eigenvalue weighted by molar-refractivity contribution is 7.19. The van der Waals surface area contributed by atoms with Crippen LogP contribution < -0.4 is 5.56 Å². The second-order valence-electron chi connectivity index (χ2n) is 9.33. The summed E-state index contributed by atoms with van der Waals surface area (Å²) in [5.74, 6) is 0. The number of hydrogen-bond acceptors (Lipinski definition) is 6. The molecule has 0 saturated heterocycles. The first-order valence-electron chi connectivity index (χ1n) is 12.2. The van der Waals surface area contributed by atoms with E-state index >= 15 is 0 Å². The number of benzene rings is 2. The molecule has 0 amide bonds. The molecule has 0 atom stereocenters. The van der Waals surface area contributed by atoms with Crippen molar-refractivity contribution in [3.8, 4) is 11.1 Å². The van der Waals surface area contributed by atoms with Crippen LogP contribution in [-0.2, 0) is 6.42 Å². The molecule has 38 heavy (non-hydrogen) atoms. The van der Waals surface area contributed by atoms with Gasteiger partial charge in [0.2, 0.25) is 0 Å².